The van der Waals surface area contributed by atoms with Crippen molar-refractivity contribution >= 4 is 21.8 Å². The van der Waals surface area contributed by atoms with E-state index in [1.165, 1.54) is 0 Å². The van der Waals surface area contributed by atoms with E-state index in [1.54, 1.807) is 24.3 Å². The van der Waals surface area contributed by atoms with Gasteiger partial charge < -0.3 is 4.74 Å². The van der Waals surface area contributed by atoms with Crippen molar-refractivity contribution in [1.29, 1.82) is 0 Å². The van der Waals surface area contributed by atoms with Crippen LogP contribution in [0.25, 0.3) is 0 Å². The Morgan fingerprint density at radius 1 is 1.47 bits per heavy atom. The number of halogens is 1. The number of para-hydroxylation sites is 1. The van der Waals surface area contributed by atoms with E-state index in [9.17, 15) is 8.42 Å². The fraction of sp³-hybridized carbons (Fsp3) is 0.400. The Kier molecular flexibility index (Phi) is 5.20. The highest BCUT2D eigenvalue weighted by Gasteiger charge is 2.12. The lowest BCUT2D eigenvalue weighted by molar-refractivity contribution is 0.201. The molecule has 3 N–H and O–H groups in total. The molecule has 1 atom stereocenters. The monoisotopic (exact) mass is 278 g/mol. The number of benzene rings is 1. The molecule has 0 amide bonds. The van der Waals surface area contributed by atoms with Gasteiger partial charge in [0.15, 0.2) is 0 Å². The van der Waals surface area contributed by atoms with Gasteiger partial charge in [-0.2, -0.15) is 13.1 Å². The van der Waals surface area contributed by atoms with Gasteiger partial charge in [-0.3, -0.25) is 0 Å². The molecule has 1 aromatic carbocycles. The number of rotatable bonds is 6. The molecule has 0 aliphatic carbocycles. The second kappa shape index (κ2) is 6.20. The van der Waals surface area contributed by atoms with Crippen molar-refractivity contribution in [3.63, 3.8) is 0 Å². The van der Waals surface area contributed by atoms with Crippen LogP contribution in [0, 0.1) is 0 Å². The molecule has 0 spiro atoms. The second-order valence-corrected chi connectivity index (χ2v) is 5.26. The molecule has 0 unspecified atom stereocenters. The van der Waals surface area contributed by atoms with Crippen molar-refractivity contribution in [3.8, 4) is 5.75 Å². The van der Waals surface area contributed by atoms with Gasteiger partial charge >= 0.3 is 0 Å². The zero-order valence-corrected chi connectivity index (χ0v) is 11.0. The summed E-state index contributed by atoms with van der Waals surface area (Å²) in [4.78, 5) is 0. The summed E-state index contributed by atoms with van der Waals surface area (Å²) in [5, 5.41) is 5.33. The minimum Gasteiger partial charge on any atom is -0.488 e. The Morgan fingerprint density at radius 2 is 2.12 bits per heavy atom. The van der Waals surface area contributed by atoms with Crippen LogP contribution in [-0.4, -0.2) is 21.1 Å². The van der Waals surface area contributed by atoms with E-state index in [0.29, 0.717) is 17.2 Å². The van der Waals surface area contributed by atoms with E-state index in [-0.39, 0.29) is 12.6 Å². The highest BCUT2D eigenvalue weighted by atomic mass is 35.5. The highest BCUT2D eigenvalue weighted by molar-refractivity contribution is 7.87. The van der Waals surface area contributed by atoms with Crippen LogP contribution in [0.3, 0.4) is 0 Å². The fourth-order valence-corrected chi connectivity index (χ4v) is 1.80. The van der Waals surface area contributed by atoms with Crippen molar-refractivity contribution in [3.05, 3.63) is 29.3 Å². The molecule has 17 heavy (non-hydrogen) atoms. The smallest absolute Gasteiger partial charge is 0.274 e. The molecule has 7 heteroatoms. The summed E-state index contributed by atoms with van der Waals surface area (Å²) < 4.78 is 29.3. The van der Waals surface area contributed by atoms with Crippen LogP contribution < -0.4 is 14.6 Å². The summed E-state index contributed by atoms with van der Waals surface area (Å²) in [7, 11) is -3.69. The molecule has 1 rings (SSSR count). The fourth-order valence-electron chi connectivity index (χ4n) is 1.20. The van der Waals surface area contributed by atoms with Crippen LogP contribution in [0.1, 0.15) is 13.3 Å². The molecule has 0 aliphatic rings. The van der Waals surface area contributed by atoms with E-state index in [4.69, 9.17) is 21.5 Å². The summed E-state index contributed by atoms with van der Waals surface area (Å²) in [5.41, 5.74) is 0. The molecule has 1 aromatic rings. The van der Waals surface area contributed by atoms with Crippen LogP contribution in [-0.2, 0) is 10.2 Å². The molecule has 0 aliphatic heterocycles. The predicted octanol–water partition coefficient (Wildman–Crippen LogP) is 1.29. The van der Waals surface area contributed by atoms with Gasteiger partial charge in [0.25, 0.3) is 10.2 Å². The van der Waals surface area contributed by atoms with Crippen LogP contribution in [0.2, 0.25) is 5.02 Å². The van der Waals surface area contributed by atoms with Gasteiger partial charge in [-0.25, -0.2) is 5.14 Å². The summed E-state index contributed by atoms with van der Waals surface area (Å²) >= 11 is 5.93. The number of hydrogen-bond acceptors (Lipinski definition) is 3. The van der Waals surface area contributed by atoms with Crippen molar-refractivity contribution in [2.24, 2.45) is 5.14 Å². The zero-order valence-electron chi connectivity index (χ0n) is 9.39. The first-order chi connectivity index (χ1) is 7.92. The van der Waals surface area contributed by atoms with Gasteiger partial charge in [-0.15, -0.1) is 0 Å². The highest BCUT2D eigenvalue weighted by Crippen LogP contribution is 2.24. The van der Waals surface area contributed by atoms with Crippen molar-refractivity contribution in [1.82, 2.24) is 4.72 Å². The Hall–Kier alpha value is -0.820. The third-order valence-corrected chi connectivity index (χ3v) is 2.98. The summed E-state index contributed by atoms with van der Waals surface area (Å²) in [6, 6.07) is 7.01. The first-order valence-corrected chi connectivity index (χ1v) is 7.03. The Labute approximate surface area is 106 Å². The van der Waals surface area contributed by atoms with E-state index < -0.39 is 10.2 Å². The molecule has 0 saturated heterocycles. The SMILES string of the molecule is CC[C@H](CNS(N)(=O)=O)Oc1ccccc1Cl. The number of nitrogens with two attached hydrogens (primary N) is 1. The topological polar surface area (TPSA) is 81.4 Å². The van der Waals surface area contributed by atoms with Gasteiger partial charge in [0, 0.05) is 6.54 Å². The molecule has 0 fully saturated rings. The molecule has 96 valence electrons. The third kappa shape index (κ3) is 5.36. The van der Waals surface area contributed by atoms with Crippen molar-refractivity contribution in [2.75, 3.05) is 6.54 Å². The van der Waals surface area contributed by atoms with Gasteiger partial charge in [0.2, 0.25) is 0 Å². The van der Waals surface area contributed by atoms with Crippen molar-refractivity contribution in [2.45, 2.75) is 19.4 Å². The van der Waals surface area contributed by atoms with Crippen molar-refractivity contribution < 1.29 is 13.2 Å². The average molecular weight is 279 g/mol. The molecule has 0 radical (unpaired) electrons. The van der Waals surface area contributed by atoms with E-state index in [2.05, 4.69) is 4.72 Å². The number of ether oxygens (including phenoxy) is 1. The molecule has 0 aromatic heterocycles. The van der Waals surface area contributed by atoms with Gasteiger partial charge in [0.1, 0.15) is 11.9 Å². The Balaban J connectivity index is 2.61. The van der Waals surface area contributed by atoms with Crippen LogP contribution in [0.4, 0.5) is 0 Å². The van der Waals surface area contributed by atoms with Crippen LogP contribution in [0.15, 0.2) is 24.3 Å². The Morgan fingerprint density at radius 3 is 2.65 bits per heavy atom. The number of hydrogen-bond donors (Lipinski definition) is 2. The summed E-state index contributed by atoms with van der Waals surface area (Å²) in [5.74, 6) is 0.525. The van der Waals surface area contributed by atoms with Gasteiger partial charge in [-0.05, 0) is 18.6 Å². The van der Waals surface area contributed by atoms with Gasteiger partial charge in [-0.1, -0.05) is 30.7 Å². The largest absolute Gasteiger partial charge is 0.488 e. The predicted molar refractivity (Wildman–Crippen MR) is 67.3 cm³/mol. The maximum atomic E-state index is 10.8. The normalized spacial score (nSPS) is 13.4. The summed E-state index contributed by atoms with van der Waals surface area (Å²) in [6.45, 7) is 1.99. The minimum absolute atomic E-state index is 0.112. The minimum atomic E-state index is -3.69. The first kappa shape index (κ1) is 14.2. The molecule has 0 heterocycles. The summed E-state index contributed by atoms with van der Waals surface area (Å²) in [6.07, 6.45) is 0.321. The maximum absolute atomic E-state index is 10.8. The lowest BCUT2D eigenvalue weighted by Crippen LogP contribution is -2.38. The lowest BCUT2D eigenvalue weighted by Gasteiger charge is -2.18. The molecular formula is C10H15ClN2O3S. The van der Waals surface area contributed by atoms with Gasteiger partial charge in [0.05, 0.1) is 5.02 Å². The third-order valence-electron chi connectivity index (χ3n) is 2.10. The molecular weight excluding hydrogens is 264 g/mol. The van der Waals surface area contributed by atoms with E-state index in [1.807, 2.05) is 6.92 Å². The average Bonchev–Trinajstić information content (AvgIpc) is 2.25. The number of nitrogens with one attached hydrogen (secondary N) is 1. The van der Waals surface area contributed by atoms with E-state index >= 15 is 0 Å². The molecule has 0 saturated carbocycles. The second-order valence-electron chi connectivity index (χ2n) is 3.47. The van der Waals surface area contributed by atoms with E-state index in [0.717, 1.165) is 0 Å². The zero-order chi connectivity index (χ0) is 12.9. The standard InChI is InChI=1S/C10H15ClN2O3S/c1-2-8(7-13-17(12,14)15)16-10-6-4-3-5-9(10)11/h3-6,8,13H,2,7H2,1H3,(H2,12,14,15)/t8-/m1/s1. The molecule has 5 nitrogen and oxygen atoms in total. The van der Waals surface area contributed by atoms with Crippen LogP contribution >= 0.6 is 11.6 Å². The van der Waals surface area contributed by atoms with Crippen LogP contribution in [0.5, 0.6) is 5.75 Å². The lowest BCUT2D eigenvalue weighted by atomic mass is 10.2. The molecule has 0 bridgehead atoms. The Bertz CT molecular complexity index is 464. The first-order valence-electron chi connectivity index (χ1n) is 5.11. The quantitative estimate of drug-likeness (QED) is 0.823. The maximum Gasteiger partial charge on any atom is 0.274 e.